The molecule has 1 aromatic carbocycles. The first kappa shape index (κ1) is 9.16. The molecule has 1 amide bonds. The summed E-state index contributed by atoms with van der Waals surface area (Å²) in [5.74, 6) is -0.00759. The number of allylic oxidation sites excluding steroid dienone is 2. The standard InChI is InChI=1S/C14H11NO/c16-14-12-7-3-1-5-10(12)9-11-6-2-4-8-13(11)15-14/h1-9,13H,(H,15,16). The molecule has 0 radical (unpaired) electrons. The zero-order valence-corrected chi connectivity index (χ0v) is 8.68. The van der Waals surface area contributed by atoms with E-state index in [1.165, 1.54) is 0 Å². The van der Waals surface area contributed by atoms with Crippen molar-refractivity contribution in [3.8, 4) is 0 Å². The molecule has 0 saturated carbocycles. The molecule has 78 valence electrons. The molecule has 0 bridgehead atoms. The zero-order chi connectivity index (χ0) is 11.0. The van der Waals surface area contributed by atoms with E-state index < -0.39 is 0 Å². The molecule has 1 heterocycles. The van der Waals surface area contributed by atoms with Gasteiger partial charge in [-0.25, -0.2) is 0 Å². The van der Waals surface area contributed by atoms with Gasteiger partial charge in [0.2, 0.25) is 0 Å². The largest absolute Gasteiger partial charge is 0.342 e. The molecule has 2 nitrogen and oxygen atoms in total. The molecular weight excluding hydrogens is 198 g/mol. The van der Waals surface area contributed by atoms with Crippen LogP contribution >= 0.6 is 0 Å². The van der Waals surface area contributed by atoms with Crippen molar-refractivity contribution in [1.82, 2.24) is 5.32 Å². The average Bonchev–Trinajstić information content (AvgIpc) is 2.45. The van der Waals surface area contributed by atoms with Crippen LogP contribution in [0.3, 0.4) is 0 Å². The number of benzene rings is 1. The van der Waals surface area contributed by atoms with Crippen molar-refractivity contribution in [2.75, 3.05) is 0 Å². The molecule has 1 aromatic rings. The van der Waals surface area contributed by atoms with E-state index in [1.807, 2.05) is 48.6 Å². The lowest BCUT2D eigenvalue weighted by Gasteiger charge is -2.15. The van der Waals surface area contributed by atoms with Crippen LogP contribution in [0.25, 0.3) is 6.08 Å². The first-order chi connectivity index (χ1) is 7.84. The van der Waals surface area contributed by atoms with Crippen LogP contribution in [0.2, 0.25) is 0 Å². The van der Waals surface area contributed by atoms with Gasteiger partial charge in [-0.05, 0) is 23.3 Å². The van der Waals surface area contributed by atoms with E-state index in [0.29, 0.717) is 0 Å². The van der Waals surface area contributed by atoms with Crippen molar-refractivity contribution in [2.45, 2.75) is 6.04 Å². The predicted octanol–water partition coefficient (Wildman–Crippen LogP) is 2.31. The van der Waals surface area contributed by atoms with Crippen molar-refractivity contribution in [3.05, 3.63) is 65.3 Å². The van der Waals surface area contributed by atoms with Crippen LogP contribution in [0.1, 0.15) is 15.9 Å². The Morgan fingerprint density at radius 2 is 2.00 bits per heavy atom. The zero-order valence-electron chi connectivity index (χ0n) is 8.68. The third-order valence-electron chi connectivity index (χ3n) is 2.88. The number of fused-ring (bicyclic) bond motifs is 2. The van der Waals surface area contributed by atoms with E-state index in [0.717, 1.165) is 16.7 Å². The van der Waals surface area contributed by atoms with Gasteiger partial charge >= 0.3 is 0 Å². The summed E-state index contributed by atoms with van der Waals surface area (Å²) in [6.07, 6.45) is 10.0. The Labute approximate surface area is 94.0 Å². The third kappa shape index (κ3) is 1.39. The molecular formula is C14H11NO. The van der Waals surface area contributed by atoms with Gasteiger partial charge in [-0.2, -0.15) is 0 Å². The number of rotatable bonds is 0. The smallest absolute Gasteiger partial charge is 0.252 e. The van der Waals surface area contributed by atoms with Crippen LogP contribution in [0.5, 0.6) is 0 Å². The minimum Gasteiger partial charge on any atom is -0.342 e. The van der Waals surface area contributed by atoms with E-state index in [1.54, 1.807) is 0 Å². The molecule has 2 aliphatic rings. The average molecular weight is 209 g/mol. The Hall–Kier alpha value is -2.09. The van der Waals surface area contributed by atoms with Crippen LogP contribution < -0.4 is 5.32 Å². The second-order valence-corrected chi connectivity index (χ2v) is 3.93. The lowest BCUT2D eigenvalue weighted by atomic mass is 10.00. The van der Waals surface area contributed by atoms with Crippen LogP contribution in [-0.4, -0.2) is 11.9 Å². The summed E-state index contributed by atoms with van der Waals surface area (Å²) >= 11 is 0. The Morgan fingerprint density at radius 1 is 1.12 bits per heavy atom. The first-order valence-electron chi connectivity index (χ1n) is 5.31. The summed E-state index contributed by atoms with van der Waals surface area (Å²) in [6, 6.07) is 7.66. The number of nitrogens with one attached hydrogen (secondary N) is 1. The van der Waals surface area contributed by atoms with Crippen molar-refractivity contribution in [3.63, 3.8) is 0 Å². The summed E-state index contributed by atoms with van der Waals surface area (Å²) in [6.45, 7) is 0. The molecule has 1 atom stereocenters. The number of hydrogen-bond donors (Lipinski definition) is 1. The van der Waals surface area contributed by atoms with Crippen LogP contribution in [0.15, 0.2) is 54.1 Å². The Kier molecular flexibility index (Phi) is 2.00. The summed E-state index contributed by atoms with van der Waals surface area (Å²) in [5, 5.41) is 2.99. The molecule has 1 aliphatic heterocycles. The van der Waals surface area contributed by atoms with E-state index in [9.17, 15) is 4.79 Å². The summed E-state index contributed by atoms with van der Waals surface area (Å²) in [5.41, 5.74) is 2.85. The molecule has 0 saturated heterocycles. The maximum atomic E-state index is 12.0. The second-order valence-electron chi connectivity index (χ2n) is 3.93. The molecule has 0 spiro atoms. The Morgan fingerprint density at radius 3 is 2.94 bits per heavy atom. The van der Waals surface area contributed by atoms with Crippen molar-refractivity contribution in [2.24, 2.45) is 0 Å². The van der Waals surface area contributed by atoms with Gasteiger partial charge in [0.05, 0.1) is 6.04 Å². The Balaban J connectivity index is 2.16. The molecule has 2 heteroatoms. The molecule has 1 aliphatic carbocycles. The van der Waals surface area contributed by atoms with Crippen LogP contribution in [0.4, 0.5) is 0 Å². The van der Waals surface area contributed by atoms with Gasteiger partial charge in [0.1, 0.15) is 0 Å². The summed E-state index contributed by atoms with van der Waals surface area (Å²) < 4.78 is 0. The number of amides is 1. The second kappa shape index (κ2) is 3.49. The minimum absolute atomic E-state index is 0.00454. The lowest BCUT2D eigenvalue weighted by Crippen LogP contribution is -2.33. The fourth-order valence-corrected chi connectivity index (χ4v) is 2.05. The van der Waals surface area contributed by atoms with Crippen molar-refractivity contribution in [1.29, 1.82) is 0 Å². The minimum atomic E-state index is -0.00759. The van der Waals surface area contributed by atoms with Gasteiger partial charge in [-0.1, -0.05) is 42.5 Å². The summed E-state index contributed by atoms with van der Waals surface area (Å²) in [4.78, 5) is 12.0. The van der Waals surface area contributed by atoms with Gasteiger partial charge < -0.3 is 5.32 Å². The van der Waals surface area contributed by atoms with E-state index >= 15 is 0 Å². The molecule has 16 heavy (non-hydrogen) atoms. The first-order valence-corrected chi connectivity index (χ1v) is 5.31. The lowest BCUT2D eigenvalue weighted by molar-refractivity contribution is 0.0950. The number of carbonyl (C=O) groups is 1. The third-order valence-corrected chi connectivity index (χ3v) is 2.88. The van der Waals surface area contributed by atoms with E-state index in [4.69, 9.17) is 0 Å². The highest BCUT2D eigenvalue weighted by Gasteiger charge is 2.20. The number of carbonyl (C=O) groups excluding carboxylic acids is 1. The van der Waals surface area contributed by atoms with Crippen LogP contribution in [0, 0.1) is 0 Å². The van der Waals surface area contributed by atoms with Crippen molar-refractivity contribution < 1.29 is 4.79 Å². The topological polar surface area (TPSA) is 29.1 Å². The fraction of sp³-hybridized carbons (Fsp3) is 0.0714. The quantitative estimate of drug-likeness (QED) is 0.698. The molecule has 1 unspecified atom stereocenters. The molecule has 1 N–H and O–H groups in total. The maximum Gasteiger partial charge on any atom is 0.252 e. The van der Waals surface area contributed by atoms with Gasteiger partial charge in [-0.15, -0.1) is 0 Å². The summed E-state index contributed by atoms with van der Waals surface area (Å²) in [7, 11) is 0. The fourth-order valence-electron chi connectivity index (χ4n) is 2.05. The van der Waals surface area contributed by atoms with Crippen molar-refractivity contribution >= 4 is 12.0 Å². The van der Waals surface area contributed by atoms with Gasteiger partial charge in [0, 0.05) is 5.56 Å². The monoisotopic (exact) mass is 209 g/mol. The predicted molar refractivity (Wildman–Crippen MR) is 64.0 cm³/mol. The van der Waals surface area contributed by atoms with E-state index in [-0.39, 0.29) is 11.9 Å². The highest BCUT2D eigenvalue weighted by Crippen LogP contribution is 2.22. The van der Waals surface area contributed by atoms with Crippen LogP contribution in [-0.2, 0) is 0 Å². The van der Waals surface area contributed by atoms with Gasteiger partial charge in [-0.3, -0.25) is 4.79 Å². The molecule has 0 fully saturated rings. The van der Waals surface area contributed by atoms with E-state index in [2.05, 4.69) is 11.4 Å². The number of hydrogen-bond acceptors (Lipinski definition) is 1. The highest BCUT2D eigenvalue weighted by atomic mass is 16.1. The normalized spacial score (nSPS) is 21.6. The molecule has 0 aromatic heterocycles. The van der Waals surface area contributed by atoms with Gasteiger partial charge in [0.25, 0.3) is 5.91 Å². The maximum absolute atomic E-state index is 12.0. The Bertz CT molecular complexity index is 537. The van der Waals surface area contributed by atoms with Gasteiger partial charge in [0.15, 0.2) is 0 Å². The highest BCUT2D eigenvalue weighted by molar-refractivity contribution is 6.00. The SMILES string of the molecule is O=C1NC2C=CC=CC2=Cc2ccccc21. The molecule has 3 rings (SSSR count).